The van der Waals surface area contributed by atoms with E-state index in [0.717, 1.165) is 25.9 Å². The lowest BCUT2D eigenvalue weighted by atomic mass is 10.3. The molecule has 0 spiro atoms. The Kier molecular flexibility index (Phi) is 3.76. The van der Waals surface area contributed by atoms with Gasteiger partial charge in [-0.1, -0.05) is 24.0 Å². The molecule has 104 valence electrons. The number of benzene rings is 1. The van der Waals surface area contributed by atoms with E-state index in [1.807, 2.05) is 6.20 Å². The van der Waals surface area contributed by atoms with Crippen molar-refractivity contribution in [2.24, 2.45) is 0 Å². The summed E-state index contributed by atoms with van der Waals surface area (Å²) in [6, 6.07) is 5.80. The van der Waals surface area contributed by atoms with Crippen LogP contribution in [0.2, 0.25) is 0 Å². The molecule has 0 bridgehead atoms. The lowest BCUT2D eigenvalue weighted by molar-refractivity contribution is -0.113. The molecule has 2 aliphatic rings. The van der Waals surface area contributed by atoms with Crippen LogP contribution in [0.15, 0.2) is 35.4 Å². The van der Waals surface area contributed by atoms with Crippen LogP contribution in [0.3, 0.4) is 0 Å². The van der Waals surface area contributed by atoms with Gasteiger partial charge in [0.15, 0.2) is 4.32 Å². The van der Waals surface area contributed by atoms with Gasteiger partial charge >= 0.3 is 0 Å². The number of likely N-dealkylation sites (tertiary alicyclic amines) is 1. The molecule has 1 aromatic carbocycles. The van der Waals surface area contributed by atoms with Gasteiger partial charge < -0.3 is 4.90 Å². The first-order chi connectivity index (χ1) is 9.65. The fraction of sp³-hybridized carbons (Fsp3) is 0.286. The minimum absolute atomic E-state index is 0.126. The third kappa shape index (κ3) is 2.58. The summed E-state index contributed by atoms with van der Waals surface area (Å²) in [5, 5.41) is 0. The highest BCUT2D eigenvalue weighted by Gasteiger charge is 2.34. The van der Waals surface area contributed by atoms with E-state index >= 15 is 0 Å². The minimum Gasteiger partial charge on any atom is -0.376 e. The van der Waals surface area contributed by atoms with Gasteiger partial charge in [-0.2, -0.15) is 0 Å². The maximum Gasteiger partial charge on any atom is 0.272 e. The van der Waals surface area contributed by atoms with Crippen LogP contribution in [0.1, 0.15) is 12.8 Å². The van der Waals surface area contributed by atoms with Crippen LogP contribution in [0.4, 0.5) is 10.1 Å². The minimum atomic E-state index is -0.327. The molecule has 0 aliphatic carbocycles. The Labute approximate surface area is 126 Å². The van der Waals surface area contributed by atoms with Crippen molar-refractivity contribution in [3.8, 4) is 0 Å². The first kappa shape index (κ1) is 13.6. The topological polar surface area (TPSA) is 23.6 Å². The Balaban J connectivity index is 1.84. The van der Waals surface area contributed by atoms with E-state index in [-0.39, 0.29) is 11.7 Å². The van der Waals surface area contributed by atoms with Gasteiger partial charge in [-0.15, -0.1) is 0 Å². The molecular weight excluding hydrogens is 295 g/mol. The van der Waals surface area contributed by atoms with Crippen molar-refractivity contribution in [1.82, 2.24) is 4.90 Å². The average Bonchev–Trinajstić information content (AvgIpc) is 3.02. The molecule has 0 aromatic heterocycles. The van der Waals surface area contributed by atoms with Gasteiger partial charge in [-0.25, -0.2) is 4.39 Å². The van der Waals surface area contributed by atoms with Gasteiger partial charge in [0.1, 0.15) is 5.82 Å². The van der Waals surface area contributed by atoms with E-state index < -0.39 is 0 Å². The number of nitrogens with zero attached hydrogens (tertiary/aromatic N) is 2. The van der Waals surface area contributed by atoms with Crippen LogP contribution in [-0.4, -0.2) is 28.2 Å². The van der Waals surface area contributed by atoms with E-state index in [1.54, 1.807) is 12.1 Å². The van der Waals surface area contributed by atoms with Gasteiger partial charge in [0, 0.05) is 19.3 Å². The predicted octanol–water partition coefficient (Wildman–Crippen LogP) is 3.13. The van der Waals surface area contributed by atoms with Crippen molar-refractivity contribution in [2.75, 3.05) is 18.0 Å². The van der Waals surface area contributed by atoms with Gasteiger partial charge in [0.2, 0.25) is 0 Å². The number of thiocarbonyl (C=S) groups is 1. The van der Waals surface area contributed by atoms with Crippen molar-refractivity contribution in [2.45, 2.75) is 12.8 Å². The maximum atomic E-state index is 13.0. The molecule has 0 radical (unpaired) electrons. The fourth-order valence-corrected chi connectivity index (χ4v) is 3.61. The SMILES string of the molecule is O=C1C(=CN2CCCC2)SC(=S)N1c1ccc(F)cc1. The van der Waals surface area contributed by atoms with Crippen LogP contribution >= 0.6 is 24.0 Å². The van der Waals surface area contributed by atoms with E-state index in [0.29, 0.717) is 14.9 Å². The van der Waals surface area contributed by atoms with Crippen LogP contribution in [-0.2, 0) is 4.79 Å². The van der Waals surface area contributed by atoms with Gasteiger partial charge in [-0.3, -0.25) is 9.69 Å². The zero-order valence-corrected chi connectivity index (χ0v) is 12.3. The highest BCUT2D eigenvalue weighted by atomic mass is 32.2. The molecule has 0 N–H and O–H groups in total. The van der Waals surface area contributed by atoms with Crippen molar-refractivity contribution in [1.29, 1.82) is 0 Å². The van der Waals surface area contributed by atoms with Crippen molar-refractivity contribution < 1.29 is 9.18 Å². The first-order valence-electron chi connectivity index (χ1n) is 6.43. The molecule has 0 saturated carbocycles. The predicted molar refractivity (Wildman–Crippen MR) is 83.0 cm³/mol. The quantitative estimate of drug-likeness (QED) is 0.619. The smallest absolute Gasteiger partial charge is 0.272 e. The molecule has 0 atom stereocenters. The molecule has 2 aliphatic heterocycles. The zero-order chi connectivity index (χ0) is 14.1. The molecule has 1 amide bonds. The molecule has 20 heavy (non-hydrogen) atoms. The molecule has 1 aromatic rings. The van der Waals surface area contributed by atoms with Gasteiger partial charge in [-0.05, 0) is 37.1 Å². The van der Waals surface area contributed by atoms with Gasteiger partial charge in [0.05, 0.1) is 10.6 Å². The molecule has 6 heteroatoms. The largest absolute Gasteiger partial charge is 0.376 e. The third-order valence-electron chi connectivity index (χ3n) is 3.32. The van der Waals surface area contributed by atoms with Crippen molar-refractivity contribution >= 4 is 39.9 Å². The molecular formula is C14H13FN2OS2. The Morgan fingerprint density at radius 1 is 1.20 bits per heavy atom. The lowest BCUT2D eigenvalue weighted by Crippen LogP contribution is -2.27. The normalized spacial score (nSPS) is 21.4. The second-order valence-electron chi connectivity index (χ2n) is 4.72. The second-order valence-corrected chi connectivity index (χ2v) is 6.40. The summed E-state index contributed by atoms with van der Waals surface area (Å²) in [5.41, 5.74) is 0.610. The van der Waals surface area contributed by atoms with Gasteiger partial charge in [0.25, 0.3) is 5.91 Å². The summed E-state index contributed by atoms with van der Waals surface area (Å²) in [6.07, 6.45) is 4.22. The number of carbonyl (C=O) groups excluding carboxylic acids is 1. The number of amides is 1. The first-order valence-corrected chi connectivity index (χ1v) is 7.65. The summed E-state index contributed by atoms with van der Waals surface area (Å²) in [6.45, 7) is 1.97. The van der Waals surface area contributed by atoms with E-state index in [2.05, 4.69) is 4.90 Å². The highest BCUT2D eigenvalue weighted by molar-refractivity contribution is 8.27. The second kappa shape index (κ2) is 5.54. The summed E-state index contributed by atoms with van der Waals surface area (Å²) < 4.78 is 13.4. The van der Waals surface area contributed by atoms with Crippen LogP contribution in [0, 0.1) is 5.82 Å². The van der Waals surface area contributed by atoms with Crippen molar-refractivity contribution in [3.63, 3.8) is 0 Å². The molecule has 3 nitrogen and oxygen atoms in total. The Morgan fingerprint density at radius 3 is 2.50 bits per heavy atom. The molecule has 3 rings (SSSR count). The Morgan fingerprint density at radius 2 is 1.85 bits per heavy atom. The number of hydrogen-bond donors (Lipinski definition) is 0. The number of thioether (sulfide) groups is 1. The summed E-state index contributed by atoms with van der Waals surface area (Å²) in [4.78, 5) is 16.7. The zero-order valence-electron chi connectivity index (χ0n) is 10.7. The standard InChI is InChI=1S/C14H13FN2OS2/c15-10-3-5-11(6-4-10)17-13(18)12(20-14(17)19)9-16-7-1-2-8-16/h3-6,9H,1-2,7-8H2. The molecule has 2 saturated heterocycles. The average molecular weight is 308 g/mol. The fourth-order valence-electron chi connectivity index (χ4n) is 2.31. The van der Waals surface area contributed by atoms with E-state index in [4.69, 9.17) is 12.2 Å². The summed E-state index contributed by atoms with van der Waals surface area (Å²) in [5.74, 6) is -0.453. The number of rotatable bonds is 2. The number of halogens is 1. The number of anilines is 1. The van der Waals surface area contributed by atoms with Crippen LogP contribution < -0.4 is 4.90 Å². The maximum absolute atomic E-state index is 13.0. The molecule has 2 fully saturated rings. The Hall–Kier alpha value is -1.40. The third-order valence-corrected chi connectivity index (χ3v) is 4.61. The van der Waals surface area contributed by atoms with Crippen LogP contribution in [0.25, 0.3) is 0 Å². The Bertz CT molecular complexity index is 579. The number of hydrogen-bond acceptors (Lipinski definition) is 4. The monoisotopic (exact) mass is 308 g/mol. The lowest BCUT2D eigenvalue weighted by Gasteiger charge is -2.14. The van der Waals surface area contributed by atoms with E-state index in [1.165, 1.54) is 28.8 Å². The number of carbonyl (C=O) groups is 1. The van der Waals surface area contributed by atoms with Crippen molar-refractivity contribution in [3.05, 3.63) is 41.2 Å². The summed E-state index contributed by atoms with van der Waals surface area (Å²) >= 11 is 6.57. The molecule has 2 heterocycles. The highest BCUT2D eigenvalue weighted by Crippen LogP contribution is 2.35. The molecule has 0 unspecified atom stereocenters. The van der Waals surface area contributed by atoms with Crippen LogP contribution in [0.5, 0.6) is 0 Å². The van der Waals surface area contributed by atoms with E-state index in [9.17, 15) is 9.18 Å². The summed E-state index contributed by atoms with van der Waals surface area (Å²) in [7, 11) is 0.